The molecule has 122 valence electrons. The van der Waals surface area contributed by atoms with Crippen molar-refractivity contribution in [1.29, 1.82) is 0 Å². The number of benzene rings is 1. The number of Topliss-reactive ketones (excluding diaryl/α,β-unsaturated/α-hetero) is 1. The van der Waals surface area contributed by atoms with E-state index in [0.717, 1.165) is 11.3 Å². The maximum Gasteiger partial charge on any atom is 0.355 e. The Labute approximate surface area is 148 Å². The number of esters is 1. The van der Waals surface area contributed by atoms with Crippen LogP contribution in [0.5, 0.6) is 5.75 Å². The summed E-state index contributed by atoms with van der Waals surface area (Å²) >= 11 is 2.12. The SMILES string of the molecule is CCOC(=O)c1[nH]cc(C(=O)Cc2cccc(OCI)c2)c1C. The molecule has 0 radical (unpaired) electrons. The van der Waals surface area contributed by atoms with Gasteiger partial charge in [-0.15, -0.1) is 0 Å². The Bertz CT molecular complexity index is 708. The van der Waals surface area contributed by atoms with Crippen molar-refractivity contribution in [2.24, 2.45) is 0 Å². The topological polar surface area (TPSA) is 68.4 Å². The van der Waals surface area contributed by atoms with Crippen molar-refractivity contribution in [2.45, 2.75) is 20.3 Å². The monoisotopic (exact) mass is 427 g/mol. The van der Waals surface area contributed by atoms with E-state index in [9.17, 15) is 9.59 Å². The van der Waals surface area contributed by atoms with Gasteiger partial charge in [-0.3, -0.25) is 4.79 Å². The van der Waals surface area contributed by atoms with Gasteiger partial charge in [-0.05, 0) is 59.7 Å². The number of rotatable bonds is 7. The summed E-state index contributed by atoms with van der Waals surface area (Å²) in [5, 5.41) is 0. The van der Waals surface area contributed by atoms with Gasteiger partial charge >= 0.3 is 5.97 Å². The summed E-state index contributed by atoms with van der Waals surface area (Å²) in [6.07, 6.45) is 1.81. The summed E-state index contributed by atoms with van der Waals surface area (Å²) in [6.45, 7) is 3.78. The number of ether oxygens (including phenoxy) is 2. The van der Waals surface area contributed by atoms with E-state index in [1.165, 1.54) is 0 Å². The zero-order chi connectivity index (χ0) is 16.8. The Morgan fingerprint density at radius 2 is 2.09 bits per heavy atom. The molecule has 23 heavy (non-hydrogen) atoms. The van der Waals surface area contributed by atoms with Gasteiger partial charge in [0.1, 0.15) is 16.1 Å². The van der Waals surface area contributed by atoms with Crippen LogP contribution in [-0.4, -0.2) is 28.0 Å². The number of H-pyrrole nitrogens is 1. The van der Waals surface area contributed by atoms with Crippen LogP contribution >= 0.6 is 22.6 Å². The number of hydrogen-bond donors (Lipinski definition) is 1. The van der Waals surface area contributed by atoms with E-state index < -0.39 is 5.97 Å². The molecule has 0 saturated heterocycles. The number of alkyl halides is 1. The third-order valence-corrected chi connectivity index (χ3v) is 3.72. The van der Waals surface area contributed by atoms with Crippen molar-refractivity contribution in [3.05, 3.63) is 52.8 Å². The highest BCUT2D eigenvalue weighted by Gasteiger charge is 2.19. The quantitative estimate of drug-likeness (QED) is 0.317. The first-order valence-corrected chi connectivity index (χ1v) is 8.75. The molecule has 1 N–H and O–H groups in total. The summed E-state index contributed by atoms with van der Waals surface area (Å²) in [5.74, 6) is 0.241. The molecule has 0 bridgehead atoms. The van der Waals surface area contributed by atoms with Gasteiger partial charge in [-0.25, -0.2) is 4.79 Å². The van der Waals surface area contributed by atoms with Gasteiger partial charge in [0.05, 0.1) is 6.61 Å². The van der Waals surface area contributed by atoms with E-state index in [0.29, 0.717) is 28.0 Å². The van der Waals surface area contributed by atoms with Gasteiger partial charge in [-0.2, -0.15) is 0 Å². The fourth-order valence-corrected chi connectivity index (χ4v) is 2.65. The largest absolute Gasteiger partial charge is 0.483 e. The van der Waals surface area contributed by atoms with Crippen LogP contribution in [0.3, 0.4) is 0 Å². The van der Waals surface area contributed by atoms with Crippen LogP contribution < -0.4 is 4.74 Å². The number of halogens is 1. The highest BCUT2D eigenvalue weighted by Crippen LogP contribution is 2.19. The van der Waals surface area contributed by atoms with Gasteiger partial charge in [0, 0.05) is 18.2 Å². The second-order valence-electron chi connectivity index (χ2n) is 4.92. The third-order valence-electron chi connectivity index (χ3n) is 3.40. The molecule has 0 unspecified atom stereocenters. The van der Waals surface area contributed by atoms with Gasteiger partial charge in [-0.1, -0.05) is 12.1 Å². The molecule has 0 amide bonds. The molecule has 5 nitrogen and oxygen atoms in total. The van der Waals surface area contributed by atoms with Crippen LogP contribution in [0.25, 0.3) is 0 Å². The van der Waals surface area contributed by atoms with Crippen molar-refractivity contribution in [2.75, 3.05) is 11.2 Å². The lowest BCUT2D eigenvalue weighted by atomic mass is 10.0. The molecule has 0 aliphatic carbocycles. The Balaban J connectivity index is 2.15. The zero-order valence-corrected chi connectivity index (χ0v) is 15.2. The van der Waals surface area contributed by atoms with Crippen LogP contribution in [0.2, 0.25) is 0 Å². The number of nitrogens with one attached hydrogen (secondary N) is 1. The lowest BCUT2D eigenvalue weighted by Gasteiger charge is -2.05. The predicted molar refractivity (Wildman–Crippen MR) is 95.5 cm³/mol. The van der Waals surface area contributed by atoms with Crippen molar-refractivity contribution in [3.8, 4) is 5.75 Å². The van der Waals surface area contributed by atoms with Gasteiger partial charge < -0.3 is 14.5 Å². The predicted octanol–water partition coefficient (Wildman–Crippen LogP) is 3.70. The second-order valence-corrected chi connectivity index (χ2v) is 5.55. The fourth-order valence-electron chi connectivity index (χ4n) is 2.29. The molecule has 0 saturated carbocycles. The lowest BCUT2D eigenvalue weighted by molar-refractivity contribution is 0.0519. The number of ketones is 1. The average Bonchev–Trinajstić information content (AvgIpc) is 2.90. The molecule has 0 spiro atoms. The van der Waals surface area contributed by atoms with Crippen molar-refractivity contribution >= 4 is 34.3 Å². The number of carbonyl (C=O) groups is 2. The Hall–Kier alpha value is -1.83. The maximum atomic E-state index is 12.5. The summed E-state index contributed by atoms with van der Waals surface area (Å²) in [7, 11) is 0. The minimum atomic E-state index is -0.443. The molecule has 1 aromatic heterocycles. The van der Waals surface area contributed by atoms with E-state index in [-0.39, 0.29) is 12.2 Å². The van der Waals surface area contributed by atoms with E-state index in [4.69, 9.17) is 9.47 Å². The third kappa shape index (κ3) is 4.34. The molecule has 1 aromatic carbocycles. The first-order valence-electron chi connectivity index (χ1n) is 7.22. The van der Waals surface area contributed by atoms with E-state index in [1.807, 2.05) is 24.3 Å². The summed E-state index contributed by atoms with van der Waals surface area (Å²) < 4.78 is 10.9. The Kier molecular flexibility index (Phi) is 6.20. The minimum Gasteiger partial charge on any atom is -0.483 e. The van der Waals surface area contributed by atoms with E-state index in [1.54, 1.807) is 20.0 Å². The average molecular weight is 427 g/mol. The van der Waals surface area contributed by atoms with Crippen LogP contribution in [0.15, 0.2) is 30.5 Å². The molecule has 6 heteroatoms. The smallest absolute Gasteiger partial charge is 0.355 e. The van der Waals surface area contributed by atoms with Gasteiger partial charge in [0.2, 0.25) is 0 Å². The van der Waals surface area contributed by atoms with Crippen LogP contribution in [0.1, 0.15) is 38.9 Å². The van der Waals surface area contributed by atoms with Crippen molar-refractivity contribution in [3.63, 3.8) is 0 Å². The molecular weight excluding hydrogens is 409 g/mol. The highest BCUT2D eigenvalue weighted by molar-refractivity contribution is 14.1. The van der Waals surface area contributed by atoms with Crippen LogP contribution in [-0.2, 0) is 11.2 Å². The number of carbonyl (C=O) groups excluding carboxylic acids is 2. The molecule has 0 fully saturated rings. The van der Waals surface area contributed by atoms with E-state index in [2.05, 4.69) is 27.6 Å². The molecule has 0 aliphatic heterocycles. The second kappa shape index (κ2) is 8.14. The summed E-state index contributed by atoms with van der Waals surface area (Å²) in [4.78, 5) is 27.1. The lowest BCUT2D eigenvalue weighted by Crippen LogP contribution is -2.08. The molecular formula is C17H18INO4. The van der Waals surface area contributed by atoms with Gasteiger partial charge in [0.15, 0.2) is 5.78 Å². The molecule has 0 atom stereocenters. The molecule has 2 rings (SSSR count). The standard InChI is InChI=1S/C17H18INO4/c1-3-22-17(21)16-11(2)14(9-19-16)15(20)8-12-5-4-6-13(7-12)23-10-18/h4-7,9,19H,3,8,10H2,1-2H3. The summed E-state index contributed by atoms with van der Waals surface area (Å²) in [5.41, 5.74) is 2.33. The molecule has 1 heterocycles. The fraction of sp³-hybridized carbons (Fsp3) is 0.294. The number of aromatic nitrogens is 1. The number of hydrogen-bond acceptors (Lipinski definition) is 4. The van der Waals surface area contributed by atoms with Crippen LogP contribution in [0.4, 0.5) is 0 Å². The van der Waals surface area contributed by atoms with Crippen molar-refractivity contribution in [1.82, 2.24) is 4.98 Å². The minimum absolute atomic E-state index is 0.0547. The first-order chi connectivity index (χ1) is 11.1. The molecule has 0 aliphatic rings. The zero-order valence-electron chi connectivity index (χ0n) is 13.0. The number of aromatic amines is 1. The first kappa shape index (κ1) is 17.5. The van der Waals surface area contributed by atoms with E-state index >= 15 is 0 Å². The van der Waals surface area contributed by atoms with Crippen molar-refractivity contribution < 1.29 is 19.1 Å². The molecule has 2 aromatic rings. The normalized spacial score (nSPS) is 10.4. The highest BCUT2D eigenvalue weighted by atomic mass is 127. The van der Waals surface area contributed by atoms with Crippen LogP contribution in [0, 0.1) is 6.92 Å². The Morgan fingerprint density at radius 1 is 1.30 bits per heavy atom. The Morgan fingerprint density at radius 3 is 2.78 bits per heavy atom. The van der Waals surface area contributed by atoms with Gasteiger partial charge in [0.25, 0.3) is 0 Å². The summed E-state index contributed by atoms with van der Waals surface area (Å²) in [6, 6.07) is 7.45. The maximum absolute atomic E-state index is 12.5.